The Hall–Kier alpha value is -3.63. The van der Waals surface area contributed by atoms with Gasteiger partial charge in [-0.05, 0) is 93.9 Å². The summed E-state index contributed by atoms with van der Waals surface area (Å²) in [5.74, 6) is -1.06. The second kappa shape index (κ2) is 13.6. The number of nitrogens with one attached hydrogen (secondary N) is 1. The van der Waals surface area contributed by atoms with Gasteiger partial charge in [0.25, 0.3) is 10.0 Å². The zero-order valence-corrected chi connectivity index (χ0v) is 24.4. The van der Waals surface area contributed by atoms with E-state index in [2.05, 4.69) is 5.32 Å². The van der Waals surface area contributed by atoms with Crippen LogP contribution in [0.25, 0.3) is 0 Å². The summed E-state index contributed by atoms with van der Waals surface area (Å²) in [4.78, 5) is 27.9. The lowest BCUT2D eigenvalue weighted by Crippen LogP contribution is -2.52. The maximum atomic E-state index is 13.9. The van der Waals surface area contributed by atoms with Crippen molar-refractivity contribution in [3.05, 3.63) is 89.2 Å². The van der Waals surface area contributed by atoms with Crippen LogP contribution in [0.3, 0.4) is 0 Å². The van der Waals surface area contributed by atoms with Gasteiger partial charge in [-0.25, -0.2) is 12.8 Å². The van der Waals surface area contributed by atoms with Crippen molar-refractivity contribution >= 4 is 39.1 Å². The maximum Gasteiger partial charge on any atom is 0.264 e. The highest BCUT2D eigenvalue weighted by atomic mass is 35.5. The number of halogens is 2. The predicted octanol–water partition coefficient (Wildman–Crippen LogP) is 5.02. The number of benzene rings is 3. The molecule has 40 heavy (non-hydrogen) atoms. The normalized spacial score (nSPS) is 12.1. The number of rotatable bonds is 12. The van der Waals surface area contributed by atoms with Crippen molar-refractivity contribution in [2.24, 2.45) is 0 Å². The third-order valence-corrected chi connectivity index (χ3v) is 8.02. The summed E-state index contributed by atoms with van der Waals surface area (Å²) in [7, 11) is -4.31. The molecule has 11 heteroatoms. The number of carbonyl (C=O) groups excluding carboxylic acids is 2. The highest BCUT2D eigenvalue weighted by Gasteiger charge is 2.32. The number of hydrogen-bond donors (Lipinski definition) is 1. The molecule has 0 aliphatic rings. The molecule has 0 saturated heterocycles. The quantitative estimate of drug-likeness (QED) is 0.320. The van der Waals surface area contributed by atoms with Crippen molar-refractivity contribution < 1.29 is 27.1 Å². The Morgan fingerprint density at radius 1 is 0.950 bits per heavy atom. The summed E-state index contributed by atoms with van der Waals surface area (Å²) in [6, 6.07) is 16.3. The molecule has 0 radical (unpaired) electrons. The first-order valence-electron chi connectivity index (χ1n) is 12.8. The second-order valence-electron chi connectivity index (χ2n) is 9.38. The third kappa shape index (κ3) is 7.95. The summed E-state index contributed by atoms with van der Waals surface area (Å²) >= 11 is 6.02. The molecule has 214 valence electrons. The van der Waals surface area contributed by atoms with Crippen LogP contribution in [0, 0.1) is 5.82 Å². The maximum absolute atomic E-state index is 13.9. The molecular weight excluding hydrogens is 557 g/mol. The van der Waals surface area contributed by atoms with Crippen LogP contribution in [0.15, 0.2) is 77.7 Å². The van der Waals surface area contributed by atoms with Crippen molar-refractivity contribution in [2.45, 2.75) is 51.2 Å². The molecular formula is C29H33ClFN3O5S. The fourth-order valence-corrected chi connectivity index (χ4v) is 5.45. The van der Waals surface area contributed by atoms with E-state index in [-0.39, 0.29) is 29.1 Å². The third-order valence-electron chi connectivity index (χ3n) is 5.98. The van der Waals surface area contributed by atoms with Crippen LogP contribution in [0.5, 0.6) is 5.75 Å². The summed E-state index contributed by atoms with van der Waals surface area (Å²) in [5.41, 5.74) is 0.905. The molecule has 0 bridgehead atoms. The van der Waals surface area contributed by atoms with E-state index in [0.717, 1.165) is 28.6 Å². The van der Waals surface area contributed by atoms with Gasteiger partial charge in [0.05, 0.1) is 17.2 Å². The Morgan fingerprint density at radius 3 is 2.10 bits per heavy atom. The van der Waals surface area contributed by atoms with E-state index >= 15 is 0 Å². The second-order valence-corrected chi connectivity index (χ2v) is 11.7. The number of sulfonamides is 1. The van der Waals surface area contributed by atoms with Crippen LogP contribution in [0.2, 0.25) is 5.02 Å². The van der Waals surface area contributed by atoms with Crippen LogP contribution in [0.4, 0.5) is 10.1 Å². The van der Waals surface area contributed by atoms with Crippen molar-refractivity contribution in [3.8, 4) is 5.75 Å². The van der Waals surface area contributed by atoms with Gasteiger partial charge in [0.1, 0.15) is 24.2 Å². The van der Waals surface area contributed by atoms with Gasteiger partial charge in [-0.3, -0.25) is 13.9 Å². The molecule has 0 fully saturated rings. The van der Waals surface area contributed by atoms with Crippen LogP contribution >= 0.6 is 11.6 Å². The van der Waals surface area contributed by atoms with E-state index in [1.807, 2.05) is 6.92 Å². The molecule has 3 rings (SSSR count). The van der Waals surface area contributed by atoms with Crippen LogP contribution < -0.4 is 14.4 Å². The number of amides is 2. The number of carbonyl (C=O) groups is 2. The molecule has 3 aromatic carbocycles. The first kappa shape index (κ1) is 30.9. The van der Waals surface area contributed by atoms with E-state index in [9.17, 15) is 22.4 Å². The Kier molecular flexibility index (Phi) is 10.5. The fraction of sp³-hybridized carbons (Fsp3) is 0.310. The molecule has 0 spiro atoms. The van der Waals surface area contributed by atoms with Crippen LogP contribution in [-0.2, 0) is 26.2 Å². The first-order valence-corrected chi connectivity index (χ1v) is 14.6. The standard InChI is InChI=1S/C29H33ClFN3O5S/c1-5-39-26-14-12-25(13-15-26)34(40(37,38)27-16-10-24(31)11-17-27)19-28(35)33(21(4)29(36)32-20(2)3)18-22-6-8-23(30)9-7-22/h6-17,20-21H,5,18-19H2,1-4H3,(H,32,36)/t21-/m0/s1. The lowest BCUT2D eigenvalue weighted by Gasteiger charge is -2.32. The molecule has 2 amide bonds. The summed E-state index contributed by atoms with van der Waals surface area (Å²) in [6.07, 6.45) is 0. The van der Waals surface area contributed by atoms with Crippen molar-refractivity contribution in [1.29, 1.82) is 0 Å². The Labute approximate surface area is 239 Å². The van der Waals surface area contributed by atoms with E-state index in [1.165, 1.54) is 17.0 Å². The molecule has 0 aromatic heterocycles. The molecule has 0 saturated carbocycles. The molecule has 8 nitrogen and oxygen atoms in total. The first-order chi connectivity index (χ1) is 18.9. The van der Waals surface area contributed by atoms with Gasteiger partial charge < -0.3 is 15.0 Å². The monoisotopic (exact) mass is 589 g/mol. The van der Waals surface area contributed by atoms with E-state index in [1.54, 1.807) is 57.2 Å². The van der Waals surface area contributed by atoms with Gasteiger partial charge in [0.15, 0.2) is 0 Å². The number of anilines is 1. The van der Waals surface area contributed by atoms with Gasteiger partial charge in [-0.2, -0.15) is 0 Å². The van der Waals surface area contributed by atoms with Crippen molar-refractivity contribution in [1.82, 2.24) is 10.2 Å². The fourth-order valence-electron chi connectivity index (χ4n) is 3.91. The van der Waals surface area contributed by atoms with Crippen LogP contribution in [-0.4, -0.2) is 50.4 Å². The number of hydrogen-bond acceptors (Lipinski definition) is 5. The average Bonchev–Trinajstić information content (AvgIpc) is 2.91. The number of ether oxygens (including phenoxy) is 1. The van der Waals surface area contributed by atoms with Crippen molar-refractivity contribution in [3.63, 3.8) is 0 Å². The lowest BCUT2D eigenvalue weighted by atomic mass is 10.1. The minimum Gasteiger partial charge on any atom is -0.494 e. The molecule has 1 atom stereocenters. The summed E-state index contributed by atoms with van der Waals surface area (Å²) in [6.45, 7) is 6.87. The molecule has 0 unspecified atom stereocenters. The molecule has 0 aliphatic heterocycles. The minimum absolute atomic E-state index is 0.0381. The van der Waals surface area contributed by atoms with Gasteiger partial charge in [-0.15, -0.1) is 0 Å². The molecule has 1 N–H and O–H groups in total. The van der Waals surface area contributed by atoms with Gasteiger partial charge in [0, 0.05) is 17.6 Å². The molecule has 0 heterocycles. The van der Waals surface area contributed by atoms with Crippen LogP contribution in [0.1, 0.15) is 33.3 Å². The van der Waals surface area contributed by atoms with E-state index in [0.29, 0.717) is 22.9 Å². The highest BCUT2D eigenvalue weighted by molar-refractivity contribution is 7.92. The van der Waals surface area contributed by atoms with Gasteiger partial charge >= 0.3 is 0 Å². The smallest absolute Gasteiger partial charge is 0.264 e. The lowest BCUT2D eigenvalue weighted by molar-refractivity contribution is -0.139. The zero-order valence-electron chi connectivity index (χ0n) is 22.8. The van der Waals surface area contributed by atoms with Gasteiger partial charge in [0.2, 0.25) is 11.8 Å². The number of nitrogens with zero attached hydrogens (tertiary/aromatic N) is 2. The minimum atomic E-state index is -4.31. The molecule has 3 aromatic rings. The average molecular weight is 590 g/mol. The summed E-state index contributed by atoms with van der Waals surface area (Å²) < 4.78 is 47.5. The zero-order chi connectivity index (χ0) is 29.4. The van der Waals surface area contributed by atoms with Gasteiger partial charge in [-0.1, -0.05) is 23.7 Å². The Balaban J connectivity index is 2.02. The van der Waals surface area contributed by atoms with E-state index < -0.39 is 34.3 Å². The SMILES string of the molecule is CCOc1ccc(N(CC(=O)N(Cc2ccc(Cl)cc2)[C@@H](C)C(=O)NC(C)C)S(=O)(=O)c2ccc(F)cc2)cc1. The largest absolute Gasteiger partial charge is 0.494 e. The van der Waals surface area contributed by atoms with E-state index in [4.69, 9.17) is 16.3 Å². The topological polar surface area (TPSA) is 96.0 Å². The summed E-state index contributed by atoms with van der Waals surface area (Å²) in [5, 5.41) is 3.32. The Morgan fingerprint density at radius 2 is 1.55 bits per heavy atom. The molecule has 0 aliphatic carbocycles. The van der Waals surface area contributed by atoms with Crippen molar-refractivity contribution in [2.75, 3.05) is 17.5 Å². The Bertz CT molecular complexity index is 1400. The highest BCUT2D eigenvalue weighted by Crippen LogP contribution is 2.27. The predicted molar refractivity (Wildman–Crippen MR) is 153 cm³/mol.